The Hall–Kier alpha value is -4.00. The van der Waals surface area contributed by atoms with Crippen molar-refractivity contribution >= 4 is 11.9 Å². The first kappa shape index (κ1) is 33.9. The summed E-state index contributed by atoms with van der Waals surface area (Å²) in [6, 6.07) is 20.4. The number of carbonyl (C=O) groups excluding carboxylic acids is 1. The van der Waals surface area contributed by atoms with Crippen LogP contribution in [-0.2, 0) is 18.3 Å². The Kier molecular flexibility index (Phi) is 11.5. The van der Waals surface area contributed by atoms with E-state index in [1.807, 2.05) is 24.4 Å². The molecule has 45 heavy (non-hydrogen) atoms. The number of piperidine rings is 1. The normalized spacial score (nSPS) is 18.5. The molecular formula is C33H39F3N4O5. The summed E-state index contributed by atoms with van der Waals surface area (Å²) >= 11 is 0. The Morgan fingerprint density at radius 1 is 0.978 bits per heavy atom. The van der Waals surface area contributed by atoms with E-state index in [-0.39, 0.29) is 5.56 Å². The van der Waals surface area contributed by atoms with Crippen LogP contribution < -0.4 is 16.4 Å². The number of amides is 1. The van der Waals surface area contributed by atoms with E-state index in [4.69, 9.17) is 15.1 Å². The molecule has 242 valence electrons. The fraction of sp³-hybridized carbons (Fsp3) is 0.424. The zero-order chi connectivity index (χ0) is 32.6. The van der Waals surface area contributed by atoms with Gasteiger partial charge >= 0.3 is 12.1 Å². The van der Waals surface area contributed by atoms with Crippen molar-refractivity contribution < 1.29 is 33.1 Å². The molecule has 1 saturated carbocycles. The number of aromatic nitrogens is 1. The van der Waals surface area contributed by atoms with Gasteiger partial charge in [0.1, 0.15) is 0 Å². The lowest BCUT2D eigenvalue weighted by Gasteiger charge is -2.32. The van der Waals surface area contributed by atoms with E-state index in [9.17, 15) is 22.8 Å². The van der Waals surface area contributed by atoms with E-state index in [2.05, 4.69) is 34.5 Å². The van der Waals surface area contributed by atoms with Crippen molar-refractivity contribution in [1.29, 1.82) is 0 Å². The number of rotatable bonds is 10. The third kappa shape index (κ3) is 10.0. The summed E-state index contributed by atoms with van der Waals surface area (Å²) in [4.78, 5) is 34.8. The number of benzene rings is 2. The first-order valence-electron chi connectivity index (χ1n) is 15.0. The molecule has 1 aliphatic heterocycles. The lowest BCUT2D eigenvalue weighted by molar-refractivity contribution is -0.192. The molecule has 9 nitrogen and oxygen atoms in total. The molecule has 2 aromatic carbocycles. The van der Waals surface area contributed by atoms with Gasteiger partial charge in [0.15, 0.2) is 0 Å². The number of carboxylic acids is 1. The van der Waals surface area contributed by atoms with Crippen LogP contribution in [0.5, 0.6) is 0 Å². The molecule has 2 heterocycles. The van der Waals surface area contributed by atoms with Crippen LogP contribution in [0.4, 0.5) is 13.2 Å². The summed E-state index contributed by atoms with van der Waals surface area (Å²) in [5.74, 6) is -1.88. The number of carbonyl (C=O) groups is 2. The Bertz CT molecular complexity index is 1480. The second-order valence-corrected chi connectivity index (χ2v) is 11.7. The maximum Gasteiger partial charge on any atom is 0.490 e. The number of pyridine rings is 1. The molecule has 12 heteroatoms. The van der Waals surface area contributed by atoms with E-state index in [1.165, 1.54) is 43.5 Å². The monoisotopic (exact) mass is 628 g/mol. The minimum Gasteiger partial charge on any atom is -0.475 e. The smallest absolute Gasteiger partial charge is 0.475 e. The molecule has 5 rings (SSSR count). The highest BCUT2D eigenvalue weighted by atomic mass is 19.4. The average Bonchev–Trinajstić information content (AvgIpc) is 3.82. The number of nitrogens with one attached hydrogen (secondary N) is 2. The number of aryl methyl sites for hydroxylation is 2. The van der Waals surface area contributed by atoms with Gasteiger partial charge in [-0.05, 0) is 105 Å². The molecule has 3 aromatic rings. The number of nitrogens with zero attached hydrogens (tertiary/aromatic N) is 2. The molecule has 2 unspecified atom stereocenters. The molecule has 2 fully saturated rings. The van der Waals surface area contributed by atoms with Crippen LogP contribution in [0.25, 0.3) is 11.1 Å². The highest BCUT2D eigenvalue weighted by Gasteiger charge is 2.39. The fourth-order valence-electron chi connectivity index (χ4n) is 5.57. The Morgan fingerprint density at radius 2 is 1.62 bits per heavy atom. The predicted molar refractivity (Wildman–Crippen MR) is 163 cm³/mol. The third-order valence-electron chi connectivity index (χ3n) is 8.44. The molecule has 0 bridgehead atoms. The molecule has 1 aliphatic carbocycles. The SMILES string of the molecule is Cn1ccc(-c2ccc(C3CC3NCC3CCN(CCCc4ccc(C(=O)NO)cc4)CC3)cc2)cc1=O.O=C(O)C(F)(F)F. The van der Waals surface area contributed by atoms with Crippen molar-refractivity contribution in [2.75, 3.05) is 26.2 Å². The highest BCUT2D eigenvalue weighted by Crippen LogP contribution is 2.41. The van der Waals surface area contributed by atoms with Crippen LogP contribution in [0, 0.1) is 5.92 Å². The van der Waals surface area contributed by atoms with Gasteiger partial charge in [-0.2, -0.15) is 13.2 Å². The number of aliphatic carboxylic acids is 1. The quantitative estimate of drug-likeness (QED) is 0.191. The lowest BCUT2D eigenvalue weighted by atomic mass is 9.96. The predicted octanol–water partition coefficient (Wildman–Crippen LogP) is 4.59. The minimum atomic E-state index is -5.08. The summed E-state index contributed by atoms with van der Waals surface area (Å²) in [5.41, 5.74) is 6.83. The van der Waals surface area contributed by atoms with Gasteiger partial charge < -0.3 is 19.9 Å². The first-order valence-corrected chi connectivity index (χ1v) is 15.0. The van der Waals surface area contributed by atoms with Gasteiger partial charge in [-0.25, -0.2) is 10.3 Å². The van der Waals surface area contributed by atoms with Crippen molar-refractivity contribution in [2.24, 2.45) is 13.0 Å². The average molecular weight is 629 g/mol. The largest absolute Gasteiger partial charge is 0.490 e. The van der Waals surface area contributed by atoms with Crippen molar-refractivity contribution in [2.45, 2.75) is 50.2 Å². The van der Waals surface area contributed by atoms with Gasteiger partial charge in [0.05, 0.1) is 0 Å². The topological polar surface area (TPSA) is 124 Å². The summed E-state index contributed by atoms with van der Waals surface area (Å²) in [6.07, 6.45) is 2.55. The second kappa shape index (κ2) is 15.3. The van der Waals surface area contributed by atoms with Gasteiger partial charge in [-0.1, -0.05) is 36.4 Å². The molecule has 1 saturated heterocycles. The van der Waals surface area contributed by atoms with E-state index in [0.29, 0.717) is 17.5 Å². The molecule has 0 radical (unpaired) electrons. The Morgan fingerprint density at radius 3 is 2.20 bits per heavy atom. The standard InChI is InChI=1S/C31H38N4O3.C2HF3O2/c1-34-16-14-27(19-30(34)36)24-8-10-25(11-9-24)28-20-29(28)32-21-23-12-17-35(18-13-23)15-2-3-22-4-6-26(7-5-22)31(37)33-38;3-2(4,5)1(6)7/h4-11,14,16,19,23,28-29,32,38H,2-3,12-13,15,17-18,20-21H2,1H3,(H,33,37);(H,6,7). The van der Waals surface area contributed by atoms with E-state index in [0.717, 1.165) is 43.0 Å². The number of likely N-dealkylation sites (tertiary alicyclic amines) is 1. The maximum atomic E-state index is 11.9. The van der Waals surface area contributed by atoms with Gasteiger partial charge in [0.25, 0.3) is 11.5 Å². The molecule has 2 aliphatic rings. The van der Waals surface area contributed by atoms with Crippen molar-refractivity contribution in [3.63, 3.8) is 0 Å². The molecule has 4 N–H and O–H groups in total. The first-order chi connectivity index (χ1) is 21.4. The number of alkyl halides is 3. The van der Waals surface area contributed by atoms with Crippen LogP contribution in [0.2, 0.25) is 0 Å². The van der Waals surface area contributed by atoms with Gasteiger partial charge in [-0.3, -0.25) is 14.8 Å². The number of carboxylic acid groups (broad SMARTS) is 1. The van der Waals surface area contributed by atoms with Crippen LogP contribution in [-0.4, -0.2) is 70.1 Å². The maximum absolute atomic E-state index is 11.9. The molecule has 1 aromatic heterocycles. The van der Waals surface area contributed by atoms with Crippen molar-refractivity contribution in [3.05, 3.63) is 93.9 Å². The highest BCUT2D eigenvalue weighted by molar-refractivity contribution is 5.93. The van der Waals surface area contributed by atoms with E-state index >= 15 is 0 Å². The van der Waals surface area contributed by atoms with Gasteiger partial charge in [0.2, 0.25) is 0 Å². The van der Waals surface area contributed by atoms with Crippen molar-refractivity contribution in [1.82, 2.24) is 20.3 Å². The number of hydrogen-bond acceptors (Lipinski definition) is 6. The van der Waals surface area contributed by atoms with Crippen LogP contribution >= 0.6 is 0 Å². The van der Waals surface area contributed by atoms with E-state index in [1.54, 1.807) is 35.3 Å². The fourth-order valence-corrected chi connectivity index (χ4v) is 5.57. The van der Waals surface area contributed by atoms with Crippen LogP contribution in [0.3, 0.4) is 0 Å². The summed E-state index contributed by atoms with van der Waals surface area (Å²) in [5, 5.41) is 19.7. The Labute approximate surface area is 259 Å². The number of hydrogen-bond donors (Lipinski definition) is 4. The van der Waals surface area contributed by atoms with Crippen LogP contribution in [0.1, 0.15) is 53.1 Å². The van der Waals surface area contributed by atoms with Gasteiger partial charge in [-0.15, -0.1) is 0 Å². The summed E-state index contributed by atoms with van der Waals surface area (Å²) in [7, 11) is 1.77. The zero-order valence-corrected chi connectivity index (χ0v) is 25.1. The van der Waals surface area contributed by atoms with E-state index < -0.39 is 18.1 Å². The summed E-state index contributed by atoms with van der Waals surface area (Å²) < 4.78 is 33.3. The molecule has 0 spiro atoms. The minimum absolute atomic E-state index is 0.0164. The molecule has 2 atom stereocenters. The second-order valence-electron chi connectivity index (χ2n) is 11.7. The lowest BCUT2D eigenvalue weighted by Crippen LogP contribution is -2.38. The van der Waals surface area contributed by atoms with Gasteiger partial charge in [0, 0.05) is 36.8 Å². The molecular weight excluding hydrogens is 589 g/mol. The number of hydroxylamine groups is 1. The van der Waals surface area contributed by atoms with Crippen LogP contribution in [0.15, 0.2) is 71.7 Å². The Balaban J connectivity index is 0.000000591. The molecule has 1 amide bonds. The third-order valence-corrected chi connectivity index (χ3v) is 8.44. The number of halogens is 3. The summed E-state index contributed by atoms with van der Waals surface area (Å²) in [6.45, 7) is 4.55. The van der Waals surface area contributed by atoms with Crippen molar-refractivity contribution in [3.8, 4) is 11.1 Å². The zero-order valence-electron chi connectivity index (χ0n) is 25.1.